The number of carbonyl (C=O) groups excluding carboxylic acids is 2. The highest BCUT2D eigenvalue weighted by atomic mass is 16.5. The zero-order valence-electron chi connectivity index (χ0n) is 18.4. The van der Waals surface area contributed by atoms with E-state index >= 15 is 0 Å². The van der Waals surface area contributed by atoms with E-state index in [2.05, 4.69) is 6.92 Å². The van der Waals surface area contributed by atoms with Gasteiger partial charge in [-0.15, -0.1) is 0 Å². The van der Waals surface area contributed by atoms with Crippen LogP contribution in [0.5, 0.6) is 11.6 Å². The summed E-state index contributed by atoms with van der Waals surface area (Å²) in [4.78, 5) is 26.1. The van der Waals surface area contributed by atoms with E-state index in [-0.39, 0.29) is 23.1 Å². The first kappa shape index (κ1) is 22.6. The number of methoxy groups -OCH3 is 1. The minimum atomic E-state index is -0.321. The summed E-state index contributed by atoms with van der Waals surface area (Å²) >= 11 is 0. The summed E-state index contributed by atoms with van der Waals surface area (Å²) in [6.45, 7) is 2.19. The van der Waals surface area contributed by atoms with Crippen LogP contribution in [0.2, 0.25) is 0 Å². The van der Waals surface area contributed by atoms with Crippen molar-refractivity contribution in [2.45, 2.75) is 58.3 Å². The molecule has 3 aromatic rings. The van der Waals surface area contributed by atoms with Gasteiger partial charge in [0, 0.05) is 17.4 Å². The molecule has 1 N–H and O–H groups in total. The maximum absolute atomic E-state index is 13.2. The molecule has 5 heteroatoms. The number of hydrogen-bond acceptors (Lipinski definition) is 4. The molecule has 0 atom stereocenters. The fraction of sp³-hybridized carbons (Fsp3) is 0.385. The van der Waals surface area contributed by atoms with Gasteiger partial charge in [-0.2, -0.15) is 0 Å². The van der Waals surface area contributed by atoms with Crippen molar-refractivity contribution in [1.29, 1.82) is 0 Å². The molecule has 0 bridgehead atoms. The van der Waals surface area contributed by atoms with Crippen molar-refractivity contribution in [3.05, 3.63) is 59.7 Å². The average Bonchev–Trinajstić information content (AvgIpc) is 3.09. The lowest BCUT2D eigenvalue weighted by Gasteiger charge is -2.07. The van der Waals surface area contributed by atoms with E-state index in [1.807, 2.05) is 0 Å². The number of unbranched alkanes of at least 4 members (excludes halogenated alkanes) is 6. The van der Waals surface area contributed by atoms with Crippen molar-refractivity contribution in [2.75, 3.05) is 7.11 Å². The number of carbonyl (C=O) groups is 2. The number of aromatic nitrogens is 1. The van der Waals surface area contributed by atoms with Crippen LogP contribution in [0, 0.1) is 0 Å². The van der Waals surface area contributed by atoms with Crippen molar-refractivity contribution in [3.63, 3.8) is 0 Å². The molecule has 1 heterocycles. The Hall–Kier alpha value is -3.08. The van der Waals surface area contributed by atoms with Crippen LogP contribution in [0.4, 0.5) is 0 Å². The van der Waals surface area contributed by atoms with Gasteiger partial charge in [-0.05, 0) is 36.8 Å². The molecule has 0 saturated carbocycles. The second-order valence-electron chi connectivity index (χ2n) is 7.87. The molecule has 3 rings (SSSR count). The van der Waals surface area contributed by atoms with E-state index in [9.17, 15) is 14.7 Å². The van der Waals surface area contributed by atoms with Crippen LogP contribution in [0.3, 0.4) is 0 Å². The van der Waals surface area contributed by atoms with Gasteiger partial charge in [0.15, 0.2) is 5.78 Å². The fourth-order valence-corrected chi connectivity index (χ4v) is 3.93. The van der Waals surface area contributed by atoms with Crippen molar-refractivity contribution in [2.24, 2.45) is 0 Å². The largest absolute Gasteiger partial charge is 0.497 e. The Morgan fingerprint density at radius 3 is 2.23 bits per heavy atom. The lowest BCUT2D eigenvalue weighted by molar-refractivity contribution is 0.0895. The van der Waals surface area contributed by atoms with Crippen LogP contribution in [0.1, 0.15) is 79.0 Å². The first-order valence-corrected chi connectivity index (χ1v) is 11.1. The van der Waals surface area contributed by atoms with E-state index in [1.54, 1.807) is 55.6 Å². The summed E-state index contributed by atoms with van der Waals surface area (Å²) in [5, 5.41) is 11.5. The van der Waals surface area contributed by atoms with Crippen LogP contribution >= 0.6 is 0 Å². The highest BCUT2D eigenvalue weighted by Gasteiger charge is 2.26. The first-order chi connectivity index (χ1) is 15.1. The van der Waals surface area contributed by atoms with Crippen LogP contribution in [-0.2, 0) is 0 Å². The Morgan fingerprint density at radius 1 is 0.903 bits per heavy atom. The second-order valence-corrected chi connectivity index (χ2v) is 7.87. The van der Waals surface area contributed by atoms with Crippen LogP contribution in [0.25, 0.3) is 10.9 Å². The lowest BCUT2D eigenvalue weighted by Crippen LogP contribution is -2.10. The van der Waals surface area contributed by atoms with Gasteiger partial charge >= 0.3 is 0 Å². The van der Waals surface area contributed by atoms with Gasteiger partial charge in [0.05, 0.1) is 18.2 Å². The van der Waals surface area contributed by atoms with E-state index in [0.29, 0.717) is 28.6 Å². The molecule has 31 heavy (non-hydrogen) atoms. The quantitative estimate of drug-likeness (QED) is 0.289. The van der Waals surface area contributed by atoms with Crippen molar-refractivity contribution in [1.82, 2.24) is 4.57 Å². The van der Waals surface area contributed by atoms with Gasteiger partial charge in [0.25, 0.3) is 0 Å². The molecule has 0 spiro atoms. The average molecular weight is 422 g/mol. The lowest BCUT2D eigenvalue weighted by atomic mass is 10.0. The van der Waals surface area contributed by atoms with Gasteiger partial charge in [-0.1, -0.05) is 63.6 Å². The summed E-state index contributed by atoms with van der Waals surface area (Å²) in [5.41, 5.74) is 1.15. The fourth-order valence-electron chi connectivity index (χ4n) is 3.93. The number of aromatic hydroxyl groups is 1. The Kier molecular flexibility index (Phi) is 7.88. The predicted octanol–water partition coefficient (Wildman–Crippen LogP) is 6.37. The number of ketones is 1. The number of fused-ring (bicyclic) bond motifs is 1. The topological polar surface area (TPSA) is 68.5 Å². The van der Waals surface area contributed by atoms with Crippen molar-refractivity contribution >= 4 is 22.6 Å². The predicted molar refractivity (Wildman–Crippen MR) is 123 cm³/mol. The molecule has 0 radical (unpaired) electrons. The SMILES string of the molecule is CCCCCCCCCC(=O)n1c(O)c(C(=O)c2ccc(OC)cc2)c2ccccc21. The second kappa shape index (κ2) is 10.8. The number of rotatable bonds is 11. The number of nitrogens with zero attached hydrogens (tertiary/aromatic N) is 1. The molecule has 0 saturated heterocycles. The van der Waals surface area contributed by atoms with E-state index in [4.69, 9.17) is 4.74 Å². The molecule has 0 unspecified atom stereocenters. The molecule has 0 aliphatic carbocycles. The standard InChI is InChI=1S/C26H31NO4/c1-3-4-5-6-7-8-9-14-23(28)27-22-13-11-10-12-21(22)24(26(27)30)25(29)19-15-17-20(31-2)18-16-19/h10-13,15-18,30H,3-9,14H2,1-2H3. The Labute approximate surface area is 183 Å². The first-order valence-electron chi connectivity index (χ1n) is 11.1. The Bertz CT molecular complexity index is 1030. The van der Waals surface area contributed by atoms with Gasteiger partial charge in [0.1, 0.15) is 5.75 Å². The maximum Gasteiger partial charge on any atom is 0.233 e. The molecular weight excluding hydrogens is 390 g/mol. The summed E-state index contributed by atoms with van der Waals surface area (Å²) in [5.74, 6) is -0.141. The zero-order valence-corrected chi connectivity index (χ0v) is 18.4. The number of hydrogen-bond donors (Lipinski definition) is 1. The van der Waals surface area contributed by atoms with Crippen LogP contribution in [0.15, 0.2) is 48.5 Å². The summed E-state index contributed by atoms with van der Waals surface area (Å²) in [7, 11) is 1.56. The van der Waals surface area contributed by atoms with Crippen LogP contribution < -0.4 is 4.74 Å². The molecular formula is C26H31NO4. The highest BCUT2D eigenvalue weighted by Crippen LogP contribution is 2.34. The molecule has 164 valence electrons. The number of para-hydroxylation sites is 1. The molecule has 0 amide bonds. The molecule has 0 aliphatic rings. The monoisotopic (exact) mass is 421 g/mol. The van der Waals surface area contributed by atoms with Crippen molar-refractivity contribution in [3.8, 4) is 11.6 Å². The molecule has 1 aromatic heterocycles. The van der Waals surface area contributed by atoms with Crippen molar-refractivity contribution < 1.29 is 19.4 Å². The molecule has 5 nitrogen and oxygen atoms in total. The number of ether oxygens (including phenoxy) is 1. The summed E-state index contributed by atoms with van der Waals surface area (Å²) in [6, 6.07) is 13.9. The molecule has 0 fully saturated rings. The molecule has 0 aliphatic heterocycles. The zero-order chi connectivity index (χ0) is 22.2. The third-order valence-electron chi connectivity index (χ3n) is 5.67. The van der Waals surface area contributed by atoms with Gasteiger partial charge in [-0.25, -0.2) is 4.57 Å². The minimum Gasteiger partial charge on any atom is -0.497 e. The summed E-state index contributed by atoms with van der Waals surface area (Å²) < 4.78 is 6.44. The van der Waals surface area contributed by atoms with Gasteiger partial charge < -0.3 is 9.84 Å². The highest BCUT2D eigenvalue weighted by molar-refractivity contribution is 6.19. The Morgan fingerprint density at radius 2 is 1.55 bits per heavy atom. The van der Waals surface area contributed by atoms with E-state index < -0.39 is 0 Å². The smallest absolute Gasteiger partial charge is 0.233 e. The molecule has 2 aromatic carbocycles. The normalized spacial score (nSPS) is 11.0. The third-order valence-corrected chi connectivity index (χ3v) is 5.67. The van der Waals surface area contributed by atoms with E-state index in [0.717, 1.165) is 19.3 Å². The summed E-state index contributed by atoms with van der Waals surface area (Å²) in [6.07, 6.45) is 8.14. The Balaban J connectivity index is 1.80. The maximum atomic E-state index is 13.2. The minimum absolute atomic E-state index is 0.161. The van der Waals surface area contributed by atoms with E-state index in [1.165, 1.54) is 30.3 Å². The van der Waals surface area contributed by atoms with Gasteiger partial charge in [0.2, 0.25) is 11.8 Å². The third kappa shape index (κ3) is 5.16. The van der Waals surface area contributed by atoms with Crippen LogP contribution in [-0.4, -0.2) is 28.5 Å². The van der Waals surface area contributed by atoms with Gasteiger partial charge in [-0.3, -0.25) is 9.59 Å². The number of benzene rings is 2.